The summed E-state index contributed by atoms with van der Waals surface area (Å²) >= 11 is 0. The lowest BCUT2D eigenvalue weighted by molar-refractivity contribution is -0.140. The van der Waals surface area contributed by atoms with E-state index in [1.165, 1.54) is 0 Å². The van der Waals surface area contributed by atoms with E-state index in [9.17, 15) is 9.59 Å². The summed E-state index contributed by atoms with van der Waals surface area (Å²) < 4.78 is 0. The smallest absolute Gasteiger partial charge is 0.326 e. The molecule has 0 unspecified atom stereocenters. The Morgan fingerprint density at radius 1 is 1.42 bits per heavy atom. The average Bonchev–Trinajstić information content (AvgIpc) is 2.37. The van der Waals surface area contributed by atoms with Gasteiger partial charge in [0.15, 0.2) is 0 Å². The SMILES string of the molecule is CC[C@H](C)[C@H](NC(=O)c1ccc(C)c(N)c1)C(=O)O. The minimum atomic E-state index is -1.03. The van der Waals surface area contributed by atoms with E-state index in [-0.39, 0.29) is 5.92 Å². The molecular weight excluding hydrogens is 244 g/mol. The maximum atomic E-state index is 12.0. The van der Waals surface area contributed by atoms with E-state index in [2.05, 4.69) is 5.32 Å². The first kappa shape index (κ1) is 15.0. The number of benzene rings is 1. The molecule has 0 spiro atoms. The third kappa shape index (κ3) is 3.71. The Balaban J connectivity index is 2.87. The van der Waals surface area contributed by atoms with Crippen LogP contribution in [0.3, 0.4) is 0 Å². The van der Waals surface area contributed by atoms with E-state index < -0.39 is 17.9 Å². The molecule has 0 aliphatic rings. The van der Waals surface area contributed by atoms with Gasteiger partial charge in [0, 0.05) is 11.3 Å². The van der Waals surface area contributed by atoms with Gasteiger partial charge in [0.05, 0.1) is 0 Å². The number of aliphatic carboxylic acids is 1. The molecule has 0 aromatic heterocycles. The van der Waals surface area contributed by atoms with Gasteiger partial charge in [0.25, 0.3) is 5.91 Å². The van der Waals surface area contributed by atoms with Crippen LogP contribution in [-0.2, 0) is 4.79 Å². The van der Waals surface area contributed by atoms with E-state index in [1.807, 2.05) is 13.8 Å². The molecule has 0 aliphatic heterocycles. The molecule has 1 aromatic rings. The first-order valence-electron chi connectivity index (χ1n) is 6.26. The van der Waals surface area contributed by atoms with E-state index in [4.69, 9.17) is 10.8 Å². The lowest BCUT2D eigenvalue weighted by atomic mass is 9.98. The van der Waals surface area contributed by atoms with Crippen LogP contribution in [0.15, 0.2) is 18.2 Å². The summed E-state index contributed by atoms with van der Waals surface area (Å²) in [6, 6.07) is 4.04. The van der Waals surface area contributed by atoms with Crippen LogP contribution in [0.5, 0.6) is 0 Å². The summed E-state index contributed by atoms with van der Waals surface area (Å²) in [5.74, 6) is -1.58. The second-order valence-corrected chi connectivity index (χ2v) is 4.75. The Bertz CT molecular complexity index is 486. The van der Waals surface area contributed by atoms with Crippen LogP contribution in [0.2, 0.25) is 0 Å². The molecule has 0 heterocycles. The summed E-state index contributed by atoms with van der Waals surface area (Å²) in [4.78, 5) is 23.2. The molecule has 1 rings (SSSR count). The van der Waals surface area contributed by atoms with Crippen LogP contribution >= 0.6 is 0 Å². The topological polar surface area (TPSA) is 92.4 Å². The number of hydrogen-bond acceptors (Lipinski definition) is 3. The first-order chi connectivity index (χ1) is 8.86. The number of hydrogen-bond donors (Lipinski definition) is 3. The van der Waals surface area contributed by atoms with E-state index in [0.717, 1.165) is 5.56 Å². The number of aryl methyl sites for hydroxylation is 1. The number of amides is 1. The maximum absolute atomic E-state index is 12.0. The summed E-state index contributed by atoms with van der Waals surface area (Å²) in [5, 5.41) is 11.7. The van der Waals surface area contributed by atoms with Gasteiger partial charge in [-0.1, -0.05) is 26.3 Å². The van der Waals surface area contributed by atoms with Gasteiger partial charge >= 0.3 is 5.97 Å². The number of nitrogens with two attached hydrogens (primary N) is 1. The predicted octanol–water partition coefficient (Wildman–Crippen LogP) is 1.81. The number of carboxylic acids is 1. The molecule has 0 saturated heterocycles. The van der Waals surface area contributed by atoms with Crippen molar-refractivity contribution in [3.05, 3.63) is 29.3 Å². The highest BCUT2D eigenvalue weighted by Crippen LogP contribution is 2.14. The molecule has 1 aromatic carbocycles. The molecule has 4 N–H and O–H groups in total. The number of carbonyl (C=O) groups excluding carboxylic acids is 1. The molecule has 5 heteroatoms. The third-order valence-corrected chi connectivity index (χ3v) is 3.31. The van der Waals surface area contributed by atoms with Crippen LogP contribution in [-0.4, -0.2) is 23.0 Å². The lowest BCUT2D eigenvalue weighted by Gasteiger charge is -2.20. The fraction of sp³-hybridized carbons (Fsp3) is 0.429. The average molecular weight is 264 g/mol. The number of anilines is 1. The molecule has 5 nitrogen and oxygen atoms in total. The van der Waals surface area contributed by atoms with Gasteiger partial charge in [-0.2, -0.15) is 0 Å². The summed E-state index contributed by atoms with van der Waals surface area (Å²) in [5.41, 5.74) is 7.51. The van der Waals surface area contributed by atoms with Gasteiger partial charge in [-0.05, 0) is 30.5 Å². The minimum absolute atomic E-state index is 0.135. The Kier molecular flexibility index (Phi) is 4.92. The zero-order valence-electron chi connectivity index (χ0n) is 11.4. The molecular formula is C14H20N2O3. The highest BCUT2D eigenvalue weighted by atomic mass is 16.4. The molecule has 0 saturated carbocycles. The number of carbonyl (C=O) groups is 2. The zero-order chi connectivity index (χ0) is 14.6. The lowest BCUT2D eigenvalue weighted by Crippen LogP contribution is -2.45. The fourth-order valence-corrected chi connectivity index (χ4v) is 1.69. The van der Waals surface area contributed by atoms with E-state index >= 15 is 0 Å². The predicted molar refractivity (Wildman–Crippen MR) is 73.9 cm³/mol. The van der Waals surface area contributed by atoms with Crippen LogP contribution in [0.25, 0.3) is 0 Å². The van der Waals surface area contributed by atoms with Crippen molar-refractivity contribution in [3.8, 4) is 0 Å². The number of carboxylic acid groups (broad SMARTS) is 1. The van der Waals surface area contributed by atoms with Crippen molar-refractivity contribution in [3.63, 3.8) is 0 Å². The Labute approximate surface area is 112 Å². The van der Waals surface area contributed by atoms with Gasteiger partial charge in [-0.25, -0.2) is 4.79 Å². The first-order valence-corrected chi connectivity index (χ1v) is 6.26. The van der Waals surface area contributed by atoms with Crippen LogP contribution < -0.4 is 11.1 Å². The Hall–Kier alpha value is -2.04. The molecule has 2 atom stereocenters. The standard InChI is InChI=1S/C14H20N2O3/c1-4-8(2)12(14(18)19)16-13(17)10-6-5-9(3)11(15)7-10/h5-8,12H,4,15H2,1-3H3,(H,16,17)(H,18,19)/t8-,12-/m0/s1. The Morgan fingerprint density at radius 3 is 2.53 bits per heavy atom. The molecule has 0 radical (unpaired) electrons. The second kappa shape index (κ2) is 6.22. The minimum Gasteiger partial charge on any atom is -0.480 e. The molecule has 19 heavy (non-hydrogen) atoms. The van der Waals surface area contributed by atoms with Crippen LogP contribution in [0.4, 0.5) is 5.69 Å². The van der Waals surface area contributed by atoms with Crippen molar-refractivity contribution in [1.82, 2.24) is 5.32 Å². The number of rotatable bonds is 5. The highest BCUT2D eigenvalue weighted by molar-refractivity contribution is 5.97. The molecule has 0 bridgehead atoms. The molecule has 104 valence electrons. The Morgan fingerprint density at radius 2 is 2.05 bits per heavy atom. The monoisotopic (exact) mass is 264 g/mol. The molecule has 0 aliphatic carbocycles. The quantitative estimate of drug-likeness (QED) is 0.707. The van der Waals surface area contributed by atoms with Gasteiger partial charge < -0.3 is 16.2 Å². The highest BCUT2D eigenvalue weighted by Gasteiger charge is 2.25. The number of nitrogen functional groups attached to an aromatic ring is 1. The molecule has 0 fully saturated rings. The summed E-state index contributed by atoms with van der Waals surface area (Å²) in [6.07, 6.45) is 0.674. The van der Waals surface area contributed by atoms with Gasteiger partial charge in [-0.3, -0.25) is 4.79 Å². The van der Waals surface area contributed by atoms with Crippen LogP contribution in [0.1, 0.15) is 36.2 Å². The van der Waals surface area contributed by atoms with Crippen molar-refractivity contribution >= 4 is 17.6 Å². The van der Waals surface area contributed by atoms with Crippen LogP contribution in [0, 0.1) is 12.8 Å². The fourth-order valence-electron chi connectivity index (χ4n) is 1.69. The van der Waals surface area contributed by atoms with Crippen molar-refractivity contribution in [1.29, 1.82) is 0 Å². The summed E-state index contributed by atoms with van der Waals surface area (Å²) in [7, 11) is 0. The maximum Gasteiger partial charge on any atom is 0.326 e. The van der Waals surface area contributed by atoms with E-state index in [0.29, 0.717) is 17.7 Å². The third-order valence-electron chi connectivity index (χ3n) is 3.31. The van der Waals surface area contributed by atoms with E-state index in [1.54, 1.807) is 25.1 Å². The van der Waals surface area contributed by atoms with Crippen molar-refractivity contribution in [2.24, 2.45) is 5.92 Å². The van der Waals surface area contributed by atoms with Gasteiger partial charge in [-0.15, -0.1) is 0 Å². The summed E-state index contributed by atoms with van der Waals surface area (Å²) in [6.45, 7) is 5.52. The second-order valence-electron chi connectivity index (χ2n) is 4.75. The number of nitrogens with one attached hydrogen (secondary N) is 1. The largest absolute Gasteiger partial charge is 0.480 e. The zero-order valence-corrected chi connectivity index (χ0v) is 11.4. The molecule has 1 amide bonds. The van der Waals surface area contributed by atoms with Gasteiger partial charge in [0.1, 0.15) is 6.04 Å². The van der Waals surface area contributed by atoms with Gasteiger partial charge in [0.2, 0.25) is 0 Å². The van der Waals surface area contributed by atoms with Crippen molar-refractivity contribution in [2.45, 2.75) is 33.2 Å². The van der Waals surface area contributed by atoms with Crippen molar-refractivity contribution in [2.75, 3.05) is 5.73 Å². The van der Waals surface area contributed by atoms with Crippen molar-refractivity contribution < 1.29 is 14.7 Å². The normalized spacial score (nSPS) is 13.6.